The Balaban J connectivity index is 0.00000256. The van der Waals surface area contributed by atoms with Crippen LogP contribution in [0.15, 0.2) is 35.6 Å². The third kappa shape index (κ3) is 5.11. The molecule has 8 nitrogen and oxygen atoms in total. The van der Waals surface area contributed by atoms with E-state index in [1.165, 1.54) is 5.56 Å². The number of hydrogen-bond donors (Lipinski definition) is 2. The fraction of sp³-hybridized carbons (Fsp3) is 0.524. The number of nitrogens with zero attached hydrogens (tertiary/aromatic N) is 5. The molecule has 3 heterocycles. The van der Waals surface area contributed by atoms with Crippen molar-refractivity contribution in [3.8, 4) is 0 Å². The van der Waals surface area contributed by atoms with Gasteiger partial charge in [-0.3, -0.25) is 14.9 Å². The van der Waals surface area contributed by atoms with Gasteiger partial charge in [-0.05, 0) is 37.3 Å². The van der Waals surface area contributed by atoms with Crippen LogP contribution in [0.4, 0.5) is 5.69 Å². The Labute approximate surface area is 194 Å². The van der Waals surface area contributed by atoms with Crippen LogP contribution in [0.3, 0.4) is 0 Å². The number of amides is 1. The molecule has 0 unspecified atom stereocenters. The molecule has 162 valence electrons. The first kappa shape index (κ1) is 22.5. The quantitative estimate of drug-likeness (QED) is 0.272. The zero-order chi connectivity index (χ0) is 20.1. The number of halogens is 1. The highest BCUT2D eigenvalue weighted by atomic mass is 127. The van der Waals surface area contributed by atoms with Crippen LogP contribution in [0.2, 0.25) is 0 Å². The molecular weight excluding hydrogens is 493 g/mol. The molecule has 0 atom stereocenters. The minimum absolute atomic E-state index is 0. The minimum Gasteiger partial charge on any atom is -0.356 e. The molecule has 1 fully saturated rings. The molecule has 2 aliphatic heterocycles. The summed E-state index contributed by atoms with van der Waals surface area (Å²) in [5.41, 5.74) is 2.35. The SMILES string of the molecule is CN=C(NCCCC(=O)N1CCc2ccccc21)N1CCC(c2ncn[nH]2)CC1.I. The number of fused-ring (bicyclic) bond motifs is 1. The van der Waals surface area contributed by atoms with Crippen molar-refractivity contribution in [2.45, 2.75) is 38.0 Å². The Bertz CT molecular complexity index is 847. The summed E-state index contributed by atoms with van der Waals surface area (Å²) in [5.74, 6) is 2.54. The van der Waals surface area contributed by atoms with E-state index in [0.717, 1.165) is 69.3 Å². The fourth-order valence-corrected chi connectivity index (χ4v) is 4.28. The number of rotatable bonds is 5. The number of guanidine groups is 1. The van der Waals surface area contributed by atoms with E-state index in [1.54, 1.807) is 6.33 Å². The van der Waals surface area contributed by atoms with E-state index in [2.05, 4.69) is 36.5 Å². The number of piperidine rings is 1. The van der Waals surface area contributed by atoms with Gasteiger partial charge in [-0.1, -0.05) is 18.2 Å². The zero-order valence-corrected chi connectivity index (χ0v) is 19.7. The van der Waals surface area contributed by atoms with Gasteiger partial charge in [0, 0.05) is 51.3 Å². The van der Waals surface area contributed by atoms with Gasteiger partial charge in [0.25, 0.3) is 0 Å². The largest absolute Gasteiger partial charge is 0.356 e. The molecule has 1 amide bonds. The summed E-state index contributed by atoms with van der Waals surface area (Å²) in [5, 5.41) is 10.4. The number of para-hydroxylation sites is 1. The maximum absolute atomic E-state index is 12.6. The molecule has 1 saturated heterocycles. The summed E-state index contributed by atoms with van der Waals surface area (Å²) in [6.07, 6.45) is 5.93. The van der Waals surface area contributed by atoms with Crippen LogP contribution in [0, 0.1) is 0 Å². The predicted octanol–water partition coefficient (Wildman–Crippen LogP) is 2.55. The number of nitrogens with one attached hydrogen (secondary N) is 2. The number of hydrogen-bond acceptors (Lipinski definition) is 4. The summed E-state index contributed by atoms with van der Waals surface area (Å²) in [7, 11) is 1.82. The third-order valence-electron chi connectivity index (χ3n) is 5.87. The Morgan fingerprint density at radius 2 is 2.07 bits per heavy atom. The molecule has 0 spiro atoms. The van der Waals surface area contributed by atoms with Gasteiger partial charge >= 0.3 is 0 Å². The number of anilines is 1. The van der Waals surface area contributed by atoms with Crippen molar-refractivity contribution in [1.29, 1.82) is 0 Å². The van der Waals surface area contributed by atoms with Gasteiger partial charge in [0.1, 0.15) is 12.2 Å². The van der Waals surface area contributed by atoms with Crippen molar-refractivity contribution in [2.24, 2.45) is 4.99 Å². The first-order chi connectivity index (χ1) is 14.3. The highest BCUT2D eigenvalue weighted by Gasteiger charge is 2.25. The molecule has 9 heteroatoms. The number of carbonyl (C=O) groups is 1. The van der Waals surface area contributed by atoms with Gasteiger partial charge in [0.2, 0.25) is 5.91 Å². The third-order valence-corrected chi connectivity index (χ3v) is 5.87. The van der Waals surface area contributed by atoms with Gasteiger partial charge in [-0.2, -0.15) is 5.10 Å². The van der Waals surface area contributed by atoms with Gasteiger partial charge < -0.3 is 15.1 Å². The van der Waals surface area contributed by atoms with E-state index in [-0.39, 0.29) is 29.9 Å². The van der Waals surface area contributed by atoms with Crippen molar-refractivity contribution >= 4 is 41.5 Å². The predicted molar refractivity (Wildman–Crippen MR) is 128 cm³/mol. The van der Waals surface area contributed by atoms with Crippen LogP contribution in [-0.4, -0.2) is 65.2 Å². The van der Waals surface area contributed by atoms with Crippen molar-refractivity contribution in [2.75, 3.05) is 38.1 Å². The van der Waals surface area contributed by atoms with Crippen molar-refractivity contribution in [1.82, 2.24) is 25.4 Å². The van der Waals surface area contributed by atoms with Crippen LogP contribution < -0.4 is 10.2 Å². The second-order valence-electron chi connectivity index (χ2n) is 7.63. The lowest BCUT2D eigenvalue weighted by Crippen LogP contribution is -2.45. The lowest BCUT2D eigenvalue weighted by molar-refractivity contribution is -0.118. The van der Waals surface area contributed by atoms with Gasteiger partial charge in [-0.15, -0.1) is 24.0 Å². The smallest absolute Gasteiger partial charge is 0.227 e. The van der Waals surface area contributed by atoms with E-state index in [0.29, 0.717) is 12.3 Å². The molecule has 2 aromatic rings. The summed E-state index contributed by atoms with van der Waals surface area (Å²) in [6.45, 7) is 3.42. The Kier molecular flexibility index (Phi) is 8.06. The van der Waals surface area contributed by atoms with E-state index >= 15 is 0 Å². The second kappa shape index (κ2) is 10.7. The minimum atomic E-state index is 0. The van der Waals surface area contributed by atoms with Crippen molar-refractivity contribution in [3.05, 3.63) is 42.0 Å². The lowest BCUT2D eigenvalue weighted by atomic mass is 9.96. The lowest BCUT2D eigenvalue weighted by Gasteiger charge is -2.33. The maximum Gasteiger partial charge on any atom is 0.227 e. The van der Waals surface area contributed by atoms with Gasteiger partial charge in [0.05, 0.1) is 0 Å². The molecule has 0 bridgehead atoms. The number of benzene rings is 1. The van der Waals surface area contributed by atoms with Crippen LogP contribution in [0.5, 0.6) is 0 Å². The van der Waals surface area contributed by atoms with E-state index in [4.69, 9.17) is 0 Å². The summed E-state index contributed by atoms with van der Waals surface area (Å²) in [4.78, 5) is 25.5. The highest BCUT2D eigenvalue weighted by molar-refractivity contribution is 14.0. The standard InChI is InChI=1S/C21H29N7O.HI/c1-22-21(27-12-8-17(9-13-27)20-24-15-25-26-20)23-11-4-7-19(29)28-14-10-16-5-2-3-6-18(16)28;/h2-3,5-6,15,17H,4,7-14H2,1H3,(H,22,23)(H,24,25,26);1H. The molecule has 2 N–H and O–H groups in total. The normalized spacial score (nSPS) is 16.9. The molecule has 0 aliphatic carbocycles. The van der Waals surface area contributed by atoms with Gasteiger partial charge in [0.15, 0.2) is 5.96 Å². The number of H-pyrrole nitrogens is 1. The number of aromatic amines is 1. The van der Waals surface area contributed by atoms with Crippen LogP contribution in [0.25, 0.3) is 0 Å². The number of aliphatic imine (C=N–C) groups is 1. The van der Waals surface area contributed by atoms with Crippen molar-refractivity contribution < 1.29 is 4.79 Å². The molecule has 4 rings (SSSR count). The topological polar surface area (TPSA) is 89.5 Å². The number of likely N-dealkylation sites (tertiary alicyclic amines) is 1. The van der Waals surface area contributed by atoms with Crippen LogP contribution in [0.1, 0.15) is 43.0 Å². The fourth-order valence-electron chi connectivity index (χ4n) is 4.28. The first-order valence-corrected chi connectivity index (χ1v) is 10.5. The van der Waals surface area contributed by atoms with E-state index in [1.807, 2.05) is 30.1 Å². The Hall–Kier alpha value is -2.17. The van der Waals surface area contributed by atoms with Gasteiger partial charge in [-0.25, -0.2) is 4.98 Å². The molecule has 0 radical (unpaired) electrons. The summed E-state index contributed by atoms with van der Waals surface area (Å²) in [6, 6.07) is 8.20. The monoisotopic (exact) mass is 523 g/mol. The number of aromatic nitrogens is 3. The molecular formula is C21H30IN7O. The van der Waals surface area contributed by atoms with Crippen LogP contribution >= 0.6 is 24.0 Å². The molecule has 0 saturated carbocycles. The zero-order valence-electron chi connectivity index (χ0n) is 17.4. The molecule has 1 aromatic carbocycles. The maximum atomic E-state index is 12.6. The van der Waals surface area contributed by atoms with E-state index in [9.17, 15) is 4.79 Å². The first-order valence-electron chi connectivity index (χ1n) is 10.5. The Morgan fingerprint density at radius 3 is 2.80 bits per heavy atom. The molecule has 30 heavy (non-hydrogen) atoms. The van der Waals surface area contributed by atoms with Crippen LogP contribution in [-0.2, 0) is 11.2 Å². The number of carbonyl (C=O) groups excluding carboxylic acids is 1. The average molecular weight is 523 g/mol. The van der Waals surface area contributed by atoms with E-state index < -0.39 is 0 Å². The van der Waals surface area contributed by atoms with Crippen molar-refractivity contribution in [3.63, 3.8) is 0 Å². The average Bonchev–Trinajstić information content (AvgIpc) is 3.44. The second-order valence-corrected chi connectivity index (χ2v) is 7.63. The highest BCUT2D eigenvalue weighted by Crippen LogP contribution is 2.28. The molecule has 2 aliphatic rings. The molecule has 1 aromatic heterocycles. The summed E-state index contributed by atoms with van der Waals surface area (Å²) < 4.78 is 0. The Morgan fingerprint density at radius 1 is 1.27 bits per heavy atom. The summed E-state index contributed by atoms with van der Waals surface area (Å²) >= 11 is 0.